The summed E-state index contributed by atoms with van der Waals surface area (Å²) in [5, 5.41) is 6.92. The molecule has 1 aliphatic rings. The van der Waals surface area contributed by atoms with Gasteiger partial charge in [0.25, 0.3) is 0 Å². The van der Waals surface area contributed by atoms with Gasteiger partial charge in [0.05, 0.1) is 13.2 Å². The normalized spacial score (nSPS) is 15.1. The van der Waals surface area contributed by atoms with Crippen molar-refractivity contribution >= 4 is 11.6 Å². The van der Waals surface area contributed by atoms with Gasteiger partial charge < -0.3 is 15.4 Å². The van der Waals surface area contributed by atoms with Gasteiger partial charge in [0.2, 0.25) is 0 Å². The van der Waals surface area contributed by atoms with Crippen LogP contribution in [0.1, 0.15) is 20.3 Å². The standard InChI is InChI=1S/C21H31N5O/c1-17(2)8-9-22-19-16-20(23-10-11-26-12-14-27-15-13-26)25-21(24-19)18-6-4-3-5-7-18/h3-7,16-17H,8-15H2,1-2H3,(H2,22,23,24,25). The fourth-order valence-electron chi connectivity index (χ4n) is 3.00. The largest absolute Gasteiger partial charge is 0.379 e. The number of hydrogen-bond donors (Lipinski definition) is 2. The molecule has 2 heterocycles. The van der Waals surface area contributed by atoms with Crippen LogP contribution in [0.15, 0.2) is 36.4 Å². The van der Waals surface area contributed by atoms with E-state index in [1.54, 1.807) is 0 Å². The van der Waals surface area contributed by atoms with Gasteiger partial charge in [0.15, 0.2) is 5.82 Å². The summed E-state index contributed by atoms with van der Waals surface area (Å²) in [6.45, 7) is 10.9. The van der Waals surface area contributed by atoms with Crippen molar-refractivity contribution in [3.63, 3.8) is 0 Å². The van der Waals surface area contributed by atoms with Crippen LogP contribution in [0.3, 0.4) is 0 Å². The molecule has 0 radical (unpaired) electrons. The minimum atomic E-state index is 0.666. The van der Waals surface area contributed by atoms with Crippen LogP contribution in [-0.4, -0.2) is 60.8 Å². The van der Waals surface area contributed by atoms with Gasteiger partial charge in [-0.3, -0.25) is 4.90 Å². The number of benzene rings is 1. The van der Waals surface area contributed by atoms with Gasteiger partial charge in [-0.15, -0.1) is 0 Å². The summed E-state index contributed by atoms with van der Waals surface area (Å²) in [7, 11) is 0. The van der Waals surface area contributed by atoms with Crippen molar-refractivity contribution in [3.05, 3.63) is 36.4 Å². The molecule has 1 fully saturated rings. The molecule has 0 atom stereocenters. The number of rotatable bonds is 9. The van der Waals surface area contributed by atoms with Crippen molar-refractivity contribution in [3.8, 4) is 11.4 Å². The summed E-state index contributed by atoms with van der Waals surface area (Å²) in [5.74, 6) is 3.15. The Balaban J connectivity index is 1.66. The first-order valence-corrected chi connectivity index (χ1v) is 9.93. The van der Waals surface area contributed by atoms with Gasteiger partial charge in [0.1, 0.15) is 11.6 Å². The molecule has 0 aliphatic carbocycles. The lowest BCUT2D eigenvalue weighted by atomic mass is 10.1. The van der Waals surface area contributed by atoms with Gasteiger partial charge in [0, 0.05) is 44.4 Å². The zero-order valence-corrected chi connectivity index (χ0v) is 16.4. The average molecular weight is 370 g/mol. The fourth-order valence-corrected chi connectivity index (χ4v) is 3.00. The Hall–Kier alpha value is -2.18. The molecule has 0 spiro atoms. The maximum atomic E-state index is 5.41. The molecule has 0 saturated carbocycles. The highest BCUT2D eigenvalue weighted by Gasteiger charge is 2.11. The lowest BCUT2D eigenvalue weighted by molar-refractivity contribution is 0.0398. The molecule has 1 aromatic heterocycles. The summed E-state index contributed by atoms with van der Waals surface area (Å²) < 4.78 is 5.41. The van der Waals surface area contributed by atoms with Crippen molar-refractivity contribution < 1.29 is 4.74 Å². The Morgan fingerprint density at radius 2 is 1.67 bits per heavy atom. The van der Waals surface area contributed by atoms with Crippen molar-refractivity contribution in [1.29, 1.82) is 0 Å². The average Bonchev–Trinajstić information content (AvgIpc) is 2.69. The highest BCUT2D eigenvalue weighted by molar-refractivity contribution is 5.61. The van der Waals surface area contributed by atoms with E-state index in [1.165, 1.54) is 0 Å². The first-order chi connectivity index (χ1) is 13.2. The highest BCUT2D eigenvalue weighted by atomic mass is 16.5. The maximum Gasteiger partial charge on any atom is 0.163 e. The van der Waals surface area contributed by atoms with Crippen LogP contribution in [0.5, 0.6) is 0 Å². The molecule has 27 heavy (non-hydrogen) atoms. The number of anilines is 2. The maximum absolute atomic E-state index is 5.41. The van der Waals surface area contributed by atoms with E-state index in [2.05, 4.69) is 29.4 Å². The Morgan fingerprint density at radius 1 is 1.00 bits per heavy atom. The molecule has 146 valence electrons. The molecule has 3 rings (SSSR count). The van der Waals surface area contributed by atoms with Gasteiger partial charge in [-0.1, -0.05) is 44.2 Å². The van der Waals surface area contributed by atoms with E-state index in [1.807, 2.05) is 36.4 Å². The zero-order chi connectivity index (χ0) is 18.9. The molecule has 6 heteroatoms. The van der Waals surface area contributed by atoms with E-state index >= 15 is 0 Å². The van der Waals surface area contributed by atoms with Crippen LogP contribution >= 0.6 is 0 Å². The molecule has 6 nitrogen and oxygen atoms in total. The summed E-state index contributed by atoms with van der Waals surface area (Å²) >= 11 is 0. The molecule has 1 saturated heterocycles. The van der Waals surface area contributed by atoms with Crippen LogP contribution in [0.2, 0.25) is 0 Å². The number of nitrogens with one attached hydrogen (secondary N) is 2. The second-order valence-corrected chi connectivity index (χ2v) is 7.32. The van der Waals surface area contributed by atoms with E-state index < -0.39 is 0 Å². The van der Waals surface area contributed by atoms with Gasteiger partial charge in [-0.25, -0.2) is 9.97 Å². The predicted octanol–water partition coefficient (Wildman–Crippen LogP) is 3.35. The number of nitrogens with zero attached hydrogens (tertiary/aromatic N) is 3. The van der Waals surface area contributed by atoms with Gasteiger partial charge >= 0.3 is 0 Å². The van der Waals surface area contributed by atoms with Crippen molar-refractivity contribution in [2.24, 2.45) is 5.92 Å². The van der Waals surface area contributed by atoms with Gasteiger partial charge in [-0.2, -0.15) is 0 Å². The Labute approximate surface area is 162 Å². The molecule has 0 amide bonds. The van der Waals surface area contributed by atoms with Crippen LogP contribution in [0, 0.1) is 5.92 Å². The fraction of sp³-hybridized carbons (Fsp3) is 0.524. The van der Waals surface area contributed by atoms with Crippen molar-refractivity contribution in [1.82, 2.24) is 14.9 Å². The summed E-state index contributed by atoms with van der Waals surface area (Å²) in [5.41, 5.74) is 1.03. The van der Waals surface area contributed by atoms with Crippen molar-refractivity contribution in [2.75, 3.05) is 56.6 Å². The second kappa shape index (κ2) is 10.2. The van der Waals surface area contributed by atoms with E-state index in [4.69, 9.17) is 14.7 Å². The van der Waals surface area contributed by atoms with Gasteiger partial charge in [-0.05, 0) is 12.3 Å². The first-order valence-electron chi connectivity index (χ1n) is 9.93. The van der Waals surface area contributed by atoms with E-state index in [-0.39, 0.29) is 0 Å². The molecule has 0 bridgehead atoms. The van der Waals surface area contributed by atoms with Crippen LogP contribution in [-0.2, 0) is 4.74 Å². The summed E-state index contributed by atoms with van der Waals surface area (Å²) in [6, 6.07) is 12.1. The van der Waals surface area contributed by atoms with E-state index in [9.17, 15) is 0 Å². The second-order valence-electron chi connectivity index (χ2n) is 7.32. The van der Waals surface area contributed by atoms with Crippen molar-refractivity contribution in [2.45, 2.75) is 20.3 Å². The number of ether oxygens (including phenoxy) is 1. The van der Waals surface area contributed by atoms with E-state index in [0.29, 0.717) is 5.92 Å². The Bertz CT molecular complexity index is 686. The SMILES string of the molecule is CC(C)CCNc1cc(NCCN2CCOCC2)nc(-c2ccccc2)n1. The van der Waals surface area contributed by atoms with Crippen LogP contribution in [0.4, 0.5) is 11.6 Å². The third kappa shape index (κ3) is 6.48. The molecule has 1 aliphatic heterocycles. The zero-order valence-electron chi connectivity index (χ0n) is 16.4. The smallest absolute Gasteiger partial charge is 0.163 e. The minimum absolute atomic E-state index is 0.666. The van der Waals surface area contributed by atoms with E-state index in [0.717, 1.165) is 75.4 Å². The molecular formula is C21H31N5O. The van der Waals surface area contributed by atoms with Crippen LogP contribution < -0.4 is 10.6 Å². The lowest BCUT2D eigenvalue weighted by Crippen LogP contribution is -2.39. The first kappa shape index (κ1) is 19.6. The quantitative estimate of drug-likeness (QED) is 0.707. The summed E-state index contributed by atoms with van der Waals surface area (Å²) in [6.07, 6.45) is 1.12. The predicted molar refractivity (Wildman–Crippen MR) is 111 cm³/mol. The van der Waals surface area contributed by atoms with Crippen LogP contribution in [0.25, 0.3) is 11.4 Å². The number of hydrogen-bond acceptors (Lipinski definition) is 6. The Morgan fingerprint density at radius 3 is 2.33 bits per heavy atom. The molecular weight excluding hydrogens is 338 g/mol. The summed E-state index contributed by atoms with van der Waals surface area (Å²) in [4.78, 5) is 11.8. The number of aromatic nitrogens is 2. The Kier molecular flexibility index (Phi) is 7.42. The minimum Gasteiger partial charge on any atom is -0.379 e. The third-order valence-electron chi connectivity index (χ3n) is 4.62. The number of morpholine rings is 1. The molecule has 0 unspecified atom stereocenters. The monoisotopic (exact) mass is 369 g/mol. The lowest BCUT2D eigenvalue weighted by Gasteiger charge is -2.26. The molecule has 1 aromatic carbocycles. The highest BCUT2D eigenvalue weighted by Crippen LogP contribution is 2.20. The molecule has 2 N–H and O–H groups in total. The third-order valence-corrected chi connectivity index (χ3v) is 4.62. The molecule has 2 aromatic rings. The topological polar surface area (TPSA) is 62.3 Å².